The van der Waals surface area contributed by atoms with Crippen molar-refractivity contribution >= 4 is 17.8 Å². The first kappa shape index (κ1) is 39.8. The van der Waals surface area contributed by atoms with Crippen molar-refractivity contribution in [2.24, 2.45) is 62.1 Å². The molecule has 11 atom stereocenters. The Balaban J connectivity index is 1.22. The Hall–Kier alpha value is -1.93. The molecule has 52 heavy (non-hydrogen) atoms. The van der Waals surface area contributed by atoms with Crippen molar-refractivity contribution in [3.05, 3.63) is 12.2 Å². The molecule has 6 rings (SSSR count). The van der Waals surface area contributed by atoms with Crippen molar-refractivity contribution in [2.45, 2.75) is 145 Å². The van der Waals surface area contributed by atoms with E-state index in [1.807, 2.05) is 11.9 Å². The quantitative estimate of drug-likeness (QED) is 0.189. The van der Waals surface area contributed by atoms with Crippen molar-refractivity contribution in [3.63, 3.8) is 0 Å². The van der Waals surface area contributed by atoms with Gasteiger partial charge >= 0.3 is 11.9 Å². The topological polar surface area (TPSA) is 96.4 Å². The summed E-state index contributed by atoms with van der Waals surface area (Å²) < 4.78 is 12.2. The van der Waals surface area contributed by atoms with Crippen LogP contribution in [0.25, 0.3) is 0 Å². The average Bonchev–Trinajstić information content (AvgIpc) is 3.42. The summed E-state index contributed by atoms with van der Waals surface area (Å²) in [5.74, 6) is 1.46. The molecule has 0 radical (unpaired) electrons. The number of ether oxygens (including phenoxy) is 2. The number of aliphatic carboxylic acids is 1. The van der Waals surface area contributed by atoms with E-state index in [0.717, 1.165) is 58.2 Å². The van der Waals surface area contributed by atoms with E-state index < -0.39 is 17.4 Å². The molecule has 0 aromatic carbocycles. The lowest BCUT2D eigenvalue weighted by Gasteiger charge is -2.73. The molecular weight excluding hydrogens is 652 g/mol. The first-order valence-corrected chi connectivity index (χ1v) is 20.7. The number of hydrogen-bond donors (Lipinski definition) is 1. The van der Waals surface area contributed by atoms with Crippen LogP contribution in [0.15, 0.2) is 12.2 Å². The Morgan fingerprint density at radius 3 is 2.31 bits per heavy atom. The number of amides is 1. The Morgan fingerprint density at radius 1 is 0.942 bits per heavy atom. The van der Waals surface area contributed by atoms with Crippen molar-refractivity contribution in [1.82, 2.24) is 9.80 Å². The van der Waals surface area contributed by atoms with Crippen LogP contribution in [-0.4, -0.2) is 85.3 Å². The van der Waals surface area contributed by atoms with Gasteiger partial charge in [0.15, 0.2) is 0 Å². The predicted octanol–water partition coefficient (Wildman–Crippen LogP) is 8.24. The maximum Gasteiger partial charge on any atom is 0.309 e. The molecule has 8 nitrogen and oxygen atoms in total. The van der Waals surface area contributed by atoms with Gasteiger partial charge in [-0.3, -0.25) is 14.4 Å². The highest BCUT2D eigenvalue weighted by Crippen LogP contribution is 2.78. The number of carboxylic acids is 1. The Labute approximate surface area is 315 Å². The van der Waals surface area contributed by atoms with Gasteiger partial charge in [-0.2, -0.15) is 0 Å². The van der Waals surface area contributed by atoms with Gasteiger partial charge in [0, 0.05) is 38.5 Å². The average molecular weight is 725 g/mol. The minimum absolute atomic E-state index is 0.0345. The van der Waals surface area contributed by atoms with E-state index in [4.69, 9.17) is 9.47 Å². The number of fused-ring (bicyclic) bond motifs is 7. The van der Waals surface area contributed by atoms with Crippen LogP contribution in [0.5, 0.6) is 0 Å². The molecule has 1 N–H and O–H groups in total. The van der Waals surface area contributed by atoms with Crippen LogP contribution < -0.4 is 0 Å². The molecule has 1 saturated heterocycles. The summed E-state index contributed by atoms with van der Waals surface area (Å²) in [5, 5.41) is 9.62. The SMILES string of the molecule is C=C(C)[C@@H]1CC[C@]2(CC(=O)N(C)CC3CN(C)CCO3)CC[C@]3(C)[C@H](CCC4[C@@]5(C)CC[C@H](OC(=O)CC(C)(C)C(=O)O)C(C)(C)C5CC[C@]43C)[C@@H]12. The summed E-state index contributed by atoms with van der Waals surface area (Å²) in [4.78, 5) is 43.3. The number of rotatable bonds is 9. The number of esters is 1. The molecule has 1 aliphatic heterocycles. The molecule has 6 aliphatic rings. The van der Waals surface area contributed by atoms with Gasteiger partial charge < -0.3 is 24.4 Å². The summed E-state index contributed by atoms with van der Waals surface area (Å²) in [6.45, 7) is 25.7. The minimum Gasteiger partial charge on any atom is -0.481 e. The maximum atomic E-state index is 14.1. The van der Waals surface area contributed by atoms with E-state index >= 15 is 0 Å². The monoisotopic (exact) mass is 725 g/mol. The number of carbonyl (C=O) groups is 3. The first-order chi connectivity index (χ1) is 24.1. The standard InChI is InChI=1S/C44H72N2O6/c1-28(2)30-14-19-44(24-35(47)46(11)27-29-26-45(10)22-23-51-29)21-20-42(8)31(37(30)44)12-13-33-41(7)17-16-34(52-36(48)25-39(3,4)38(49)50)40(5,6)32(41)15-18-43(33,42)9/h29-34,37H,1,12-27H2,2-11H3,(H,49,50)/t29?,30-,31+,32?,33?,34-,37+,41-,42+,43+,44+/m0/s1. The smallest absolute Gasteiger partial charge is 0.309 e. The first-order valence-electron chi connectivity index (χ1n) is 20.7. The largest absolute Gasteiger partial charge is 0.481 e. The molecule has 1 amide bonds. The molecule has 5 saturated carbocycles. The number of allylic oxidation sites excluding steroid dienone is 1. The van der Waals surface area contributed by atoms with Gasteiger partial charge in [0.25, 0.3) is 0 Å². The molecule has 3 unspecified atom stereocenters. The van der Waals surface area contributed by atoms with Gasteiger partial charge in [0.1, 0.15) is 6.10 Å². The van der Waals surface area contributed by atoms with Gasteiger partial charge in [-0.1, -0.05) is 46.8 Å². The van der Waals surface area contributed by atoms with Gasteiger partial charge in [0.2, 0.25) is 5.91 Å². The number of hydrogen-bond acceptors (Lipinski definition) is 6. The third-order valence-corrected chi connectivity index (χ3v) is 17.4. The number of morpholine rings is 1. The minimum atomic E-state index is -1.14. The summed E-state index contributed by atoms with van der Waals surface area (Å²) >= 11 is 0. The lowest BCUT2D eigenvalue weighted by molar-refractivity contribution is -0.250. The highest BCUT2D eigenvalue weighted by molar-refractivity contribution is 5.81. The molecule has 1 heterocycles. The predicted molar refractivity (Wildman–Crippen MR) is 204 cm³/mol. The molecule has 0 aromatic heterocycles. The molecule has 294 valence electrons. The van der Waals surface area contributed by atoms with Crippen molar-refractivity contribution in [1.29, 1.82) is 0 Å². The molecule has 0 bridgehead atoms. The third kappa shape index (κ3) is 6.39. The van der Waals surface area contributed by atoms with Gasteiger partial charge in [-0.05, 0) is 143 Å². The lowest BCUT2D eigenvalue weighted by Crippen LogP contribution is -2.67. The number of likely N-dealkylation sites (N-methyl/N-ethyl adjacent to an activating group) is 2. The molecule has 8 heteroatoms. The highest BCUT2D eigenvalue weighted by Gasteiger charge is 2.71. The van der Waals surface area contributed by atoms with Crippen molar-refractivity contribution in [3.8, 4) is 0 Å². The van der Waals surface area contributed by atoms with Crippen LogP contribution in [0.1, 0.15) is 132 Å². The Bertz CT molecular complexity index is 1420. The van der Waals surface area contributed by atoms with Gasteiger partial charge in [-0.25, -0.2) is 0 Å². The Morgan fingerprint density at radius 2 is 1.65 bits per heavy atom. The van der Waals surface area contributed by atoms with Crippen LogP contribution in [-0.2, 0) is 23.9 Å². The van der Waals surface area contributed by atoms with E-state index in [-0.39, 0.29) is 51.6 Å². The summed E-state index contributed by atoms with van der Waals surface area (Å²) in [5.41, 5.74) is 0.507. The van der Waals surface area contributed by atoms with Gasteiger partial charge in [-0.15, -0.1) is 0 Å². The summed E-state index contributed by atoms with van der Waals surface area (Å²) in [7, 11) is 4.12. The molecule has 5 aliphatic carbocycles. The Kier molecular flexibility index (Phi) is 10.5. The fourth-order valence-electron chi connectivity index (χ4n) is 14.2. The second-order valence-electron chi connectivity index (χ2n) is 21.0. The summed E-state index contributed by atoms with van der Waals surface area (Å²) in [6.07, 6.45) is 11.6. The molecule has 6 fully saturated rings. The summed E-state index contributed by atoms with van der Waals surface area (Å²) in [6, 6.07) is 0. The van der Waals surface area contributed by atoms with Crippen LogP contribution in [0.2, 0.25) is 0 Å². The van der Waals surface area contributed by atoms with E-state index in [2.05, 4.69) is 60.1 Å². The van der Waals surface area contributed by atoms with Crippen LogP contribution >= 0.6 is 0 Å². The second kappa shape index (κ2) is 13.7. The normalized spacial score (nSPS) is 42.9. The maximum absolute atomic E-state index is 14.1. The van der Waals surface area contributed by atoms with E-state index in [9.17, 15) is 19.5 Å². The van der Waals surface area contributed by atoms with E-state index in [0.29, 0.717) is 42.6 Å². The second-order valence-corrected chi connectivity index (χ2v) is 21.0. The number of carbonyl (C=O) groups excluding carboxylic acids is 2. The highest BCUT2D eigenvalue weighted by atomic mass is 16.5. The van der Waals surface area contributed by atoms with Crippen molar-refractivity contribution < 1.29 is 29.0 Å². The van der Waals surface area contributed by atoms with Crippen molar-refractivity contribution in [2.75, 3.05) is 40.3 Å². The number of carboxylic acid groups (broad SMARTS) is 1. The number of nitrogens with zero attached hydrogens (tertiary/aromatic N) is 2. The third-order valence-electron chi connectivity index (χ3n) is 17.4. The zero-order valence-electron chi connectivity index (χ0n) is 34.4. The van der Waals surface area contributed by atoms with Gasteiger partial charge in [0.05, 0.1) is 24.5 Å². The zero-order valence-corrected chi connectivity index (χ0v) is 34.4. The van der Waals surface area contributed by atoms with E-state index in [1.165, 1.54) is 31.3 Å². The molecular formula is C44H72N2O6. The van der Waals surface area contributed by atoms with Crippen LogP contribution in [0.4, 0.5) is 0 Å². The van der Waals surface area contributed by atoms with E-state index in [1.54, 1.807) is 13.8 Å². The molecule has 0 aromatic rings. The zero-order chi connectivity index (χ0) is 38.2. The molecule has 0 spiro atoms. The van der Waals surface area contributed by atoms with Crippen LogP contribution in [0.3, 0.4) is 0 Å². The lowest BCUT2D eigenvalue weighted by atomic mass is 9.32. The van der Waals surface area contributed by atoms with Crippen LogP contribution in [0, 0.1) is 62.1 Å². The fourth-order valence-corrected chi connectivity index (χ4v) is 14.2. The fraction of sp³-hybridized carbons (Fsp3) is 0.886.